The van der Waals surface area contributed by atoms with Crippen molar-refractivity contribution in [2.24, 2.45) is 5.92 Å². The molecule has 1 amide bonds. The average molecular weight is 341 g/mol. The molecule has 2 aliphatic heterocycles. The van der Waals surface area contributed by atoms with Gasteiger partial charge in [0.05, 0.1) is 11.1 Å². The average Bonchev–Trinajstić information content (AvgIpc) is 3.07. The number of carbonyl (C=O) groups is 1. The zero-order valence-electron chi connectivity index (χ0n) is 13.0. The summed E-state index contributed by atoms with van der Waals surface area (Å²) in [6, 6.07) is 1.24. The summed E-state index contributed by atoms with van der Waals surface area (Å²) in [5, 5.41) is 6.53. The van der Waals surface area contributed by atoms with Gasteiger partial charge in [-0.05, 0) is 44.2 Å². The number of hydrogen-bond donors (Lipinski definition) is 2. The van der Waals surface area contributed by atoms with Crippen LogP contribution in [0.4, 0.5) is 10.2 Å². The lowest BCUT2D eigenvalue weighted by atomic mass is 9.97. The Bertz CT molecular complexity index is 565. The minimum Gasteiger partial charge on any atom is -0.354 e. The predicted molar refractivity (Wildman–Crippen MR) is 88.2 cm³/mol. The molecule has 7 heteroatoms. The molecule has 5 nitrogen and oxygen atoms in total. The molecule has 126 valence electrons. The van der Waals surface area contributed by atoms with Crippen molar-refractivity contribution in [3.8, 4) is 0 Å². The molecule has 3 heterocycles. The zero-order valence-corrected chi connectivity index (χ0v) is 13.8. The molecule has 3 rings (SSSR count). The highest BCUT2D eigenvalue weighted by atomic mass is 35.5. The number of piperidine rings is 1. The molecule has 0 saturated carbocycles. The van der Waals surface area contributed by atoms with Crippen LogP contribution in [0.2, 0.25) is 5.02 Å². The Morgan fingerprint density at radius 2 is 2.35 bits per heavy atom. The number of rotatable bonds is 4. The Balaban J connectivity index is 1.54. The Morgan fingerprint density at radius 3 is 3.09 bits per heavy atom. The molecule has 2 atom stereocenters. The van der Waals surface area contributed by atoms with Crippen molar-refractivity contribution in [3.05, 3.63) is 23.1 Å². The minimum absolute atomic E-state index is 0.0509. The fourth-order valence-corrected chi connectivity index (χ4v) is 3.49. The third-order valence-corrected chi connectivity index (χ3v) is 4.76. The molecular weight excluding hydrogens is 319 g/mol. The molecule has 2 saturated heterocycles. The Hall–Kier alpha value is -1.40. The van der Waals surface area contributed by atoms with E-state index in [4.69, 9.17) is 11.6 Å². The highest BCUT2D eigenvalue weighted by molar-refractivity contribution is 6.30. The fraction of sp³-hybridized carbons (Fsp3) is 0.625. The largest absolute Gasteiger partial charge is 0.354 e. The topological polar surface area (TPSA) is 57.3 Å². The molecule has 0 bridgehead atoms. The first-order valence-electron chi connectivity index (χ1n) is 8.20. The van der Waals surface area contributed by atoms with Crippen LogP contribution in [0.15, 0.2) is 12.3 Å². The summed E-state index contributed by atoms with van der Waals surface area (Å²) in [5.41, 5.74) is 0. The molecule has 2 fully saturated rings. The van der Waals surface area contributed by atoms with Crippen molar-refractivity contribution in [2.75, 3.05) is 31.1 Å². The van der Waals surface area contributed by atoms with Crippen molar-refractivity contribution < 1.29 is 9.18 Å². The first-order chi connectivity index (χ1) is 11.1. The summed E-state index contributed by atoms with van der Waals surface area (Å²) < 4.78 is 14.0. The van der Waals surface area contributed by atoms with Gasteiger partial charge in [0.15, 0.2) is 11.6 Å². The first kappa shape index (κ1) is 16.5. The summed E-state index contributed by atoms with van der Waals surface area (Å²) in [5.74, 6) is 0.349. The Kier molecular flexibility index (Phi) is 5.33. The number of aromatic nitrogens is 1. The molecule has 1 aromatic rings. The van der Waals surface area contributed by atoms with Gasteiger partial charge in [-0.1, -0.05) is 11.6 Å². The lowest BCUT2D eigenvalue weighted by molar-refractivity contribution is -0.122. The quantitative estimate of drug-likeness (QED) is 0.879. The number of carbonyl (C=O) groups excluding carboxylic acids is 1. The molecule has 2 N–H and O–H groups in total. The van der Waals surface area contributed by atoms with Gasteiger partial charge in [0, 0.05) is 25.8 Å². The maximum absolute atomic E-state index is 14.0. The van der Waals surface area contributed by atoms with Gasteiger partial charge in [-0.3, -0.25) is 4.79 Å². The maximum atomic E-state index is 14.0. The monoisotopic (exact) mass is 340 g/mol. The van der Waals surface area contributed by atoms with Gasteiger partial charge in [0.1, 0.15) is 0 Å². The molecule has 0 spiro atoms. The summed E-state index contributed by atoms with van der Waals surface area (Å²) in [6.07, 6.45) is 5.42. The van der Waals surface area contributed by atoms with Crippen molar-refractivity contribution >= 4 is 23.3 Å². The second-order valence-electron chi connectivity index (χ2n) is 6.31. The van der Waals surface area contributed by atoms with Crippen LogP contribution in [0.3, 0.4) is 0 Å². The van der Waals surface area contributed by atoms with E-state index in [0.29, 0.717) is 29.8 Å². The van der Waals surface area contributed by atoms with Gasteiger partial charge >= 0.3 is 0 Å². The second kappa shape index (κ2) is 7.45. The summed E-state index contributed by atoms with van der Waals surface area (Å²) in [4.78, 5) is 18.1. The van der Waals surface area contributed by atoms with E-state index in [1.54, 1.807) is 0 Å². The van der Waals surface area contributed by atoms with E-state index in [0.717, 1.165) is 38.8 Å². The molecule has 0 aliphatic carbocycles. The third-order valence-electron chi connectivity index (χ3n) is 4.55. The van der Waals surface area contributed by atoms with Crippen molar-refractivity contribution in [1.82, 2.24) is 15.6 Å². The number of nitrogens with one attached hydrogen (secondary N) is 2. The van der Waals surface area contributed by atoms with E-state index >= 15 is 0 Å². The van der Waals surface area contributed by atoms with Gasteiger partial charge in [0.2, 0.25) is 5.91 Å². The standard InChI is InChI=1S/C16H22ClFN4O/c17-12-7-13(18)15(20-9-12)22-6-2-3-11(10-22)8-21-16(23)14-4-1-5-19-14/h7,9,11,14,19H,1-6,8,10H2,(H,21,23). The number of hydrogen-bond acceptors (Lipinski definition) is 4. The summed E-state index contributed by atoms with van der Waals surface area (Å²) >= 11 is 5.76. The zero-order chi connectivity index (χ0) is 16.2. The van der Waals surface area contributed by atoms with Crippen LogP contribution in [0.1, 0.15) is 25.7 Å². The smallest absolute Gasteiger partial charge is 0.237 e. The van der Waals surface area contributed by atoms with Gasteiger partial charge in [-0.15, -0.1) is 0 Å². The van der Waals surface area contributed by atoms with Gasteiger partial charge < -0.3 is 15.5 Å². The third kappa shape index (κ3) is 4.12. The Morgan fingerprint density at radius 1 is 1.48 bits per heavy atom. The molecule has 2 aliphatic rings. The molecule has 0 radical (unpaired) electrons. The lowest BCUT2D eigenvalue weighted by Gasteiger charge is -2.34. The number of amides is 1. The van der Waals surface area contributed by atoms with Crippen LogP contribution in [-0.2, 0) is 4.79 Å². The fourth-order valence-electron chi connectivity index (χ4n) is 3.34. The lowest BCUT2D eigenvalue weighted by Crippen LogP contribution is -2.45. The molecular formula is C16H22ClFN4O. The molecule has 2 unspecified atom stereocenters. The normalized spacial score (nSPS) is 24.7. The van der Waals surface area contributed by atoms with Gasteiger partial charge in [0.25, 0.3) is 0 Å². The number of pyridine rings is 1. The van der Waals surface area contributed by atoms with E-state index in [2.05, 4.69) is 15.6 Å². The van der Waals surface area contributed by atoms with Crippen LogP contribution in [0.5, 0.6) is 0 Å². The second-order valence-corrected chi connectivity index (χ2v) is 6.74. The van der Waals surface area contributed by atoms with Crippen molar-refractivity contribution in [2.45, 2.75) is 31.7 Å². The number of nitrogens with zero attached hydrogens (tertiary/aromatic N) is 2. The SMILES string of the molecule is O=C(NCC1CCCN(c2ncc(Cl)cc2F)C1)C1CCCN1. The predicted octanol–water partition coefficient (Wildman–Crippen LogP) is 1.96. The van der Waals surface area contributed by atoms with Gasteiger partial charge in [-0.2, -0.15) is 0 Å². The molecule has 0 aromatic carbocycles. The van der Waals surface area contributed by atoms with E-state index in [9.17, 15) is 9.18 Å². The van der Waals surface area contributed by atoms with Crippen molar-refractivity contribution in [1.29, 1.82) is 0 Å². The number of anilines is 1. The van der Waals surface area contributed by atoms with Crippen LogP contribution in [0, 0.1) is 11.7 Å². The van der Waals surface area contributed by atoms with Crippen LogP contribution >= 0.6 is 11.6 Å². The van der Waals surface area contributed by atoms with Gasteiger partial charge in [-0.25, -0.2) is 9.37 Å². The first-order valence-corrected chi connectivity index (χ1v) is 8.58. The summed E-state index contributed by atoms with van der Waals surface area (Å²) in [7, 11) is 0. The van der Waals surface area contributed by atoms with Crippen LogP contribution in [0.25, 0.3) is 0 Å². The van der Waals surface area contributed by atoms with Crippen molar-refractivity contribution in [3.63, 3.8) is 0 Å². The van der Waals surface area contributed by atoms with Crippen LogP contribution in [-0.4, -0.2) is 43.1 Å². The summed E-state index contributed by atoms with van der Waals surface area (Å²) in [6.45, 7) is 3.02. The number of halogens is 2. The highest BCUT2D eigenvalue weighted by Gasteiger charge is 2.26. The Labute approximate surface area is 140 Å². The van der Waals surface area contributed by atoms with E-state index < -0.39 is 5.82 Å². The molecule has 23 heavy (non-hydrogen) atoms. The van der Waals surface area contributed by atoms with Crippen LogP contribution < -0.4 is 15.5 Å². The van der Waals surface area contributed by atoms with E-state index in [1.165, 1.54) is 12.3 Å². The highest BCUT2D eigenvalue weighted by Crippen LogP contribution is 2.25. The maximum Gasteiger partial charge on any atom is 0.237 e. The minimum atomic E-state index is -0.391. The molecule has 1 aromatic heterocycles. The van der Waals surface area contributed by atoms with E-state index in [-0.39, 0.29) is 11.9 Å². The van der Waals surface area contributed by atoms with E-state index in [1.807, 2.05) is 4.90 Å².